The van der Waals surface area contributed by atoms with E-state index in [1.807, 2.05) is 30.3 Å². The number of aliphatic hydroxyl groups is 1. The first kappa shape index (κ1) is 14.7. The van der Waals surface area contributed by atoms with E-state index in [1.54, 1.807) is 0 Å². The van der Waals surface area contributed by atoms with Gasteiger partial charge in [-0.05, 0) is 17.4 Å². The van der Waals surface area contributed by atoms with E-state index in [4.69, 9.17) is 5.26 Å². The van der Waals surface area contributed by atoms with Crippen LogP contribution in [-0.4, -0.2) is 18.3 Å². The number of hydrogen-bond acceptors (Lipinski definition) is 3. The van der Waals surface area contributed by atoms with Gasteiger partial charge < -0.3 is 10.4 Å². The highest BCUT2D eigenvalue weighted by Crippen LogP contribution is 2.22. The Morgan fingerprint density at radius 1 is 1.33 bits per heavy atom. The van der Waals surface area contributed by atoms with Crippen molar-refractivity contribution in [2.24, 2.45) is 5.41 Å². The van der Waals surface area contributed by atoms with Crippen LogP contribution in [0.25, 0.3) is 0 Å². The zero-order valence-electron chi connectivity index (χ0n) is 11.2. The van der Waals surface area contributed by atoms with Gasteiger partial charge in [0, 0.05) is 13.0 Å². The van der Waals surface area contributed by atoms with Gasteiger partial charge in [0.15, 0.2) is 0 Å². The topological polar surface area (TPSA) is 56.0 Å². The molecule has 0 radical (unpaired) electrons. The van der Waals surface area contributed by atoms with Crippen molar-refractivity contribution in [3.8, 4) is 6.07 Å². The van der Waals surface area contributed by atoms with Crippen LogP contribution in [0.15, 0.2) is 30.3 Å². The Morgan fingerprint density at radius 3 is 2.56 bits per heavy atom. The number of rotatable bonds is 7. The first-order valence-electron chi connectivity index (χ1n) is 6.35. The molecule has 0 heterocycles. The van der Waals surface area contributed by atoms with Crippen molar-refractivity contribution in [1.82, 2.24) is 5.32 Å². The Bertz CT molecular complexity index is 381. The highest BCUT2D eigenvalue weighted by molar-refractivity contribution is 5.18. The smallest absolute Gasteiger partial charge is 0.0626 e. The van der Waals surface area contributed by atoms with Gasteiger partial charge in [-0.25, -0.2) is 0 Å². The van der Waals surface area contributed by atoms with Crippen LogP contribution in [0.4, 0.5) is 0 Å². The van der Waals surface area contributed by atoms with Crippen LogP contribution in [-0.2, 0) is 0 Å². The second kappa shape index (κ2) is 7.15. The fourth-order valence-electron chi connectivity index (χ4n) is 1.86. The van der Waals surface area contributed by atoms with Gasteiger partial charge in [-0.2, -0.15) is 5.26 Å². The molecule has 3 heteroatoms. The van der Waals surface area contributed by atoms with E-state index in [-0.39, 0.29) is 18.1 Å². The largest absolute Gasteiger partial charge is 0.394 e. The van der Waals surface area contributed by atoms with E-state index >= 15 is 0 Å². The van der Waals surface area contributed by atoms with Crippen molar-refractivity contribution >= 4 is 0 Å². The predicted octanol–water partition coefficient (Wildman–Crippen LogP) is 2.64. The summed E-state index contributed by atoms with van der Waals surface area (Å²) in [4.78, 5) is 0. The summed E-state index contributed by atoms with van der Waals surface area (Å²) >= 11 is 0. The summed E-state index contributed by atoms with van der Waals surface area (Å²) in [6, 6.07) is 12.1. The Hall–Kier alpha value is -1.37. The third kappa shape index (κ3) is 4.87. The maximum atomic E-state index is 9.44. The number of benzene rings is 1. The van der Waals surface area contributed by atoms with Crippen molar-refractivity contribution in [3.05, 3.63) is 35.9 Å². The van der Waals surface area contributed by atoms with Crippen LogP contribution in [0.2, 0.25) is 0 Å². The molecule has 0 spiro atoms. The number of hydrogen-bond donors (Lipinski definition) is 2. The summed E-state index contributed by atoms with van der Waals surface area (Å²) in [5.74, 6) is 0. The van der Waals surface area contributed by atoms with E-state index in [1.165, 1.54) is 0 Å². The fourth-order valence-corrected chi connectivity index (χ4v) is 1.86. The lowest BCUT2D eigenvalue weighted by Gasteiger charge is -2.27. The van der Waals surface area contributed by atoms with E-state index < -0.39 is 0 Å². The van der Waals surface area contributed by atoms with Gasteiger partial charge in [0.2, 0.25) is 0 Å². The first-order chi connectivity index (χ1) is 8.59. The number of nitriles is 1. The maximum Gasteiger partial charge on any atom is 0.0626 e. The molecule has 0 amide bonds. The van der Waals surface area contributed by atoms with Crippen LogP contribution in [0, 0.1) is 16.7 Å². The van der Waals surface area contributed by atoms with Gasteiger partial charge in [0.1, 0.15) is 0 Å². The zero-order chi connectivity index (χ0) is 13.4. The standard InChI is InChI=1S/C15H22N2O/c1-15(2,9-6-10-16)12-17-14(11-18)13-7-4-3-5-8-13/h3-5,7-8,14,17-18H,6,9,11-12H2,1-2H3. The van der Waals surface area contributed by atoms with E-state index in [9.17, 15) is 5.11 Å². The third-order valence-corrected chi connectivity index (χ3v) is 3.13. The molecule has 2 N–H and O–H groups in total. The van der Waals surface area contributed by atoms with Crippen molar-refractivity contribution in [2.45, 2.75) is 32.7 Å². The second-order valence-electron chi connectivity index (χ2n) is 5.35. The molecule has 0 aliphatic rings. The monoisotopic (exact) mass is 246 g/mol. The minimum absolute atomic E-state index is 0.0347. The molecule has 1 rings (SSSR count). The average Bonchev–Trinajstić information content (AvgIpc) is 2.38. The minimum Gasteiger partial charge on any atom is -0.394 e. The van der Waals surface area contributed by atoms with E-state index in [0.29, 0.717) is 6.42 Å². The molecule has 1 unspecified atom stereocenters. The molecule has 0 saturated heterocycles. The molecule has 98 valence electrons. The lowest BCUT2D eigenvalue weighted by molar-refractivity contribution is 0.221. The van der Waals surface area contributed by atoms with E-state index in [2.05, 4.69) is 25.2 Å². The minimum atomic E-state index is -0.0347. The fraction of sp³-hybridized carbons (Fsp3) is 0.533. The molecule has 0 aliphatic carbocycles. The molecule has 18 heavy (non-hydrogen) atoms. The molecule has 1 aromatic rings. The lowest BCUT2D eigenvalue weighted by atomic mass is 9.87. The van der Waals surface area contributed by atoms with Crippen LogP contribution in [0.1, 0.15) is 38.3 Å². The summed E-state index contributed by atoms with van der Waals surface area (Å²) in [7, 11) is 0. The molecule has 1 atom stereocenters. The molecule has 0 aliphatic heterocycles. The summed E-state index contributed by atoms with van der Waals surface area (Å²) in [5.41, 5.74) is 1.16. The van der Waals surface area contributed by atoms with Gasteiger partial charge in [0.25, 0.3) is 0 Å². The third-order valence-electron chi connectivity index (χ3n) is 3.13. The Balaban J connectivity index is 2.53. The highest BCUT2D eigenvalue weighted by Gasteiger charge is 2.19. The van der Waals surface area contributed by atoms with Gasteiger partial charge >= 0.3 is 0 Å². The summed E-state index contributed by atoms with van der Waals surface area (Å²) < 4.78 is 0. The molecule has 1 aromatic carbocycles. The van der Waals surface area contributed by atoms with Gasteiger partial charge in [-0.3, -0.25) is 0 Å². The number of aliphatic hydroxyl groups excluding tert-OH is 1. The van der Waals surface area contributed by atoms with Gasteiger partial charge in [-0.15, -0.1) is 0 Å². The lowest BCUT2D eigenvalue weighted by Crippen LogP contribution is -2.34. The number of nitrogens with zero attached hydrogens (tertiary/aromatic N) is 1. The average molecular weight is 246 g/mol. The van der Waals surface area contributed by atoms with Crippen molar-refractivity contribution in [2.75, 3.05) is 13.2 Å². The van der Waals surface area contributed by atoms with E-state index in [0.717, 1.165) is 18.5 Å². The Labute approximate surface area is 109 Å². The molecule has 0 saturated carbocycles. The van der Waals surface area contributed by atoms with Crippen molar-refractivity contribution in [3.63, 3.8) is 0 Å². The van der Waals surface area contributed by atoms with Gasteiger partial charge in [-0.1, -0.05) is 44.2 Å². The quantitative estimate of drug-likeness (QED) is 0.777. The van der Waals surface area contributed by atoms with Crippen LogP contribution < -0.4 is 5.32 Å². The van der Waals surface area contributed by atoms with Crippen LogP contribution in [0.5, 0.6) is 0 Å². The highest BCUT2D eigenvalue weighted by atomic mass is 16.3. The van der Waals surface area contributed by atoms with Crippen molar-refractivity contribution < 1.29 is 5.11 Å². The normalized spacial score (nSPS) is 13.0. The van der Waals surface area contributed by atoms with Gasteiger partial charge in [0.05, 0.1) is 18.7 Å². The molecular weight excluding hydrogens is 224 g/mol. The zero-order valence-corrected chi connectivity index (χ0v) is 11.2. The molecule has 3 nitrogen and oxygen atoms in total. The molecular formula is C15H22N2O. The molecule has 0 aromatic heterocycles. The predicted molar refractivity (Wildman–Crippen MR) is 72.9 cm³/mol. The number of nitrogens with one attached hydrogen (secondary N) is 1. The maximum absolute atomic E-state index is 9.44. The molecule has 0 bridgehead atoms. The summed E-state index contributed by atoms with van der Waals surface area (Å²) in [5, 5.41) is 21.4. The van der Waals surface area contributed by atoms with Crippen LogP contribution >= 0.6 is 0 Å². The SMILES string of the molecule is CC(C)(CCC#N)CNC(CO)c1ccccc1. The van der Waals surface area contributed by atoms with Crippen molar-refractivity contribution in [1.29, 1.82) is 5.26 Å². The summed E-state index contributed by atoms with van der Waals surface area (Å²) in [6.07, 6.45) is 1.44. The molecule has 0 fully saturated rings. The Morgan fingerprint density at radius 2 is 2.00 bits per heavy atom. The first-order valence-corrected chi connectivity index (χ1v) is 6.35. The second-order valence-corrected chi connectivity index (χ2v) is 5.35. The van der Waals surface area contributed by atoms with Crippen LogP contribution in [0.3, 0.4) is 0 Å². The summed E-state index contributed by atoms with van der Waals surface area (Å²) in [6.45, 7) is 5.14. The Kier molecular flexibility index (Phi) is 5.84.